The Morgan fingerprint density at radius 1 is 0.917 bits per heavy atom. The van der Waals surface area contributed by atoms with Crippen molar-refractivity contribution in [3.63, 3.8) is 0 Å². The molecule has 0 bridgehead atoms. The highest BCUT2D eigenvalue weighted by molar-refractivity contribution is 9.10. The van der Waals surface area contributed by atoms with Gasteiger partial charge in [-0.15, -0.1) is 0 Å². The first-order chi connectivity index (χ1) is 16.9. The van der Waals surface area contributed by atoms with E-state index in [1.54, 1.807) is 23.2 Å². The maximum atomic E-state index is 13.8. The molecule has 1 heterocycles. The maximum absolute atomic E-state index is 13.8. The lowest BCUT2D eigenvalue weighted by Crippen LogP contribution is -2.32. The standard InChI is InChI=1S/C29H28BrF3N2O/c1-28(2,3)22-9-7-20(8-10-22)18-35(14-12-19-5-4-6-23(15-19)29(31,32)33)27(36)25-17-24(30)16-21-11-13-34-26(21)25/h4-11,13,15-17,34H,12,14,18H2,1-3H3. The van der Waals surface area contributed by atoms with Gasteiger partial charge in [0.2, 0.25) is 0 Å². The van der Waals surface area contributed by atoms with E-state index in [1.807, 2.05) is 24.3 Å². The lowest BCUT2D eigenvalue weighted by molar-refractivity contribution is -0.137. The van der Waals surface area contributed by atoms with Gasteiger partial charge in [0.15, 0.2) is 0 Å². The van der Waals surface area contributed by atoms with Crippen LogP contribution in [0.5, 0.6) is 0 Å². The lowest BCUT2D eigenvalue weighted by Gasteiger charge is -2.25. The molecule has 0 radical (unpaired) electrons. The molecule has 0 saturated heterocycles. The summed E-state index contributed by atoms with van der Waals surface area (Å²) in [7, 11) is 0. The molecule has 0 atom stereocenters. The number of amides is 1. The number of nitrogens with one attached hydrogen (secondary N) is 1. The smallest absolute Gasteiger partial charge is 0.361 e. The van der Waals surface area contributed by atoms with Gasteiger partial charge in [-0.1, -0.05) is 79.2 Å². The third kappa shape index (κ3) is 6.01. The zero-order valence-electron chi connectivity index (χ0n) is 20.4. The fourth-order valence-corrected chi connectivity index (χ4v) is 4.70. The molecular weight excluding hydrogens is 529 g/mol. The minimum atomic E-state index is -4.41. The predicted octanol–water partition coefficient (Wildman–Crippen LogP) is 8.13. The van der Waals surface area contributed by atoms with Gasteiger partial charge in [-0.3, -0.25) is 4.79 Å². The van der Waals surface area contributed by atoms with E-state index in [1.165, 1.54) is 11.6 Å². The number of hydrogen-bond acceptors (Lipinski definition) is 1. The molecule has 4 rings (SSSR count). The van der Waals surface area contributed by atoms with Gasteiger partial charge < -0.3 is 9.88 Å². The minimum absolute atomic E-state index is 0.00702. The van der Waals surface area contributed by atoms with Gasteiger partial charge in [0.1, 0.15) is 0 Å². The lowest BCUT2D eigenvalue weighted by atomic mass is 9.87. The number of aromatic amines is 1. The molecule has 0 saturated carbocycles. The molecule has 7 heteroatoms. The van der Waals surface area contributed by atoms with Gasteiger partial charge in [0.05, 0.1) is 16.6 Å². The topological polar surface area (TPSA) is 36.1 Å². The highest BCUT2D eigenvalue weighted by Gasteiger charge is 2.30. The Balaban J connectivity index is 1.64. The number of carbonyl (C=O) groups is 1. The van der Waals surface area contributed by atoms with Gasteiger partial charge in [0.25, 0.3) is 5.91 Å². The maximum Gasteiger partial charge on any atom is 0.416 e. The quantitative estimate of drug-likeness (QED) is 0.255. The van der Waals surface area contributed by atoms with E-state index in [4.69, 9.17) is 0 Å². The molecule has 4 aromatic rings. The molecule has 0 aliphatic carbocycles. The molecule has 188 valence electrons. The molecule has 0 aliphatic rings. The first kappa shape index (κ1) is 26.0. The van der Waals surface area contributed by atoms with Crippen LogP contribution in [0.3, 0.4) is 0 Å². The largest absolute Gasteiger partial charge is 0.416 e. The average Bonchev–Trinajstić information content (AvgIpc) is 3.28. The Labute approximate surface area is 217 Å². The number of rotatable bonds is 6. The average molecular weight is 557 g/mol. The molecular formula is C29H28BrF3N2O. The monoisotopic (exact) mass is 556 g/mol. The summed E-state index contributed by atoms with van der Waals surface area (Å²) in [5, 5.41) is 0.903. The zero-order chi connectivity index (χ0) is 26.1. The second-order valence-corrected chi connectivity index (χ2v) is 10.9. The van der Waals surface area contributed by atoms with Gasteiger partial charge in [-0.25, -0.2) is 0 Å². The molecule has 0 fully saturated rings. The van der Waals surface area contributed by atoms with E-state index in [0.29, 0.717) is 24.1 Å². The van der Waals surface area contributed by atoms with Crippen molar-refractivity contribution in [1.29, 1.82) is 0 Å². The Morgan fingerprint density at radius 2 is 1.64 bits per heavy atom. The van der Waals surface area contributed by atoms with E-state index in [2.05, 4.69) is 53.8 Å². The van der Waals surface area contributed by atoms with Crippen molar-refractivity contribution < 1.29 is 18.0 Å². The van der Waals surface area contributed by atoms with Crippen LogP contribution in [0.15, 0.2) is 77.4 Å². The summed E-state index contributed by atoms with van der Waals surface area (Å²) in [5.74, 6) is -0.185. The number of benzene rings is 3. The molecule has 3 aromatic carbocycles. The summed E-state index contributed by atoms with van der Waals surface area (Å²) in [6, 6.07) is 19.0. The number of halogens is 4. The third-order valence-corrected chi connectivity index (χ3v) is 6.72. The Hall–Kier alpha value is -3.06. The first-order valence-corrected chi connectivity index (χ1v) is 12.5. The Morgan fingerprint density at radius 3 is 2.31 bits per heavy atom. The molecule has 0 spiro atoms. The van der Waals surface area contributed by atoms with Crippen molar-refractivity contribution in [2.45, 2.75) is 45.3 Å². The summed E-state index contributed by atoms with van der Waals surface area (Å²) < 4.78 is 40.4. The van der Waals surface area contributed by atoms with Crippen LogP contribution in [-0.4, -0.2) is 22.3 Å². The fourth-order valence-electron chi connectivity index (χ4n) is 4.22. The van der Waals surface area contributed by atoms with Gasteiger partial charge in [0, 0.05) is 29.1 Å². The van der Waals surface area contributed by atoms with Crippen LogP contribution in [0, 0.1) is 0 Å². The van der Waals surface area contributed by atoms with Crippen molar-refractivity contribution in [2.24, 2.45) is 0 Å². The molecule has 36 heavy (non-hydrogen) atoms. The summed E-state index contributed by atoms with van der Waals surface area (Å²) in [6.07, 6.45) is -2.32. The molecule has 1 N–H and O–H groups in total. The Bertz CT molecular complexity index is 1370. The summed E-state index contributed by atoms with van der Waals surface area (Å²) in [5.41, 5.74) is 3.25. The van der Waals surface area contributed by atoms with Crippen LogP contribution in [0.1, 0.15) is 53.4 Å². The highest BCUT2D eigenvalue weighted by atomic mass is 79.9. The van der Waals surface area contributed by atoms with Crippen LogP contribution in [0.25, 0.3) is 10.9 Å². The second-order valence-electron chi connectivity index (χ2n) is 10.0. The fraction of sp³-hybridized carbons (Fsp3) is 0.276. The van der Waals surface area contributed by atoms with Gasteiger partial charge in [-0.2, -0.15) is 13.2 Å². The number of aromatic nitrogens is 1. The van der Waals surface area contributed by atoms with Crippen molar-refractivity contribution in [1.82, 2.24) is 9.88 Å². The number of nitrogens with zero attached hydrogens (tertiary/aromatic N) is 1. The van der Waals surface area contributed by atoms with Crippen LogP contribution >= 0.6 is 15.9 Å². The molecule has 1 amide bonds. The third-order valence-electron chi connectivity index (χ3n) is 6.26. The summed E-state index contributed by atoms with van der Waals surface area (Å²) in [6.45, 7) is 7.04. The zero-order valence-corrected chi connectivity index (χ0v) is 22.0. The second kappa shape index (κ2) is 10.1. The van der Waals surface area contributed by atoms with Crippen molar-refractivity contribution in [3.05, 3.63) is 105 Å². The van der Waals surface area contributed by atoms with Crippen LogP contribution in [-0.2, 0) is 24.6 Å². The number of alkyl halides is 3. The van der Waals surface area contributed by atoms with Crippen LogP contribution in [0.2, 0.25) is 0 Å². The molecule has 1 aromatic heterocycles. The SMILES string of the molecule is CC(C)(C)c1ccc(CN(CCc2cccc(C(F)(F)F)c2)C(=O)c2cc(Br)cc3cc[nH]c23)cc1. The van der Waals surface area contributed by atoms with Crippen molar-refractivity contribution in [2.75, 3.05) is 6.54 Å². The number of hydrogen-bond donors (Lipinski definition) is 1. The Kier molecular flexibility index (Phi) is 7.32. The summed E-state index contributed by atoms with van der Waals surface area (Å²) in [4.78, 5) is 18.6. The normalized spacial score (nSPS) is 12.2. The van der Waals surface area contributed by atoms with E-state index in [-0.39, 0.29) is 17.9 Å². The predicted molar refractivity (Wildman–Crippen MR) is 141 cm³/mol. The minimum Gasteiger partial charge on any atom is -0.361 e. The molecule has 3 nitrogen and oxygen atoms in total. The van der Waals surface area contributed by atoms with Gasteiger partial charge >= 0.3 is 6.18 Å². The molecule has 0 aliphatic heterocycles. The van der Waals surface area contributed by atoms with Crippen LogP contribution < -0.4 is 0 Å². The number of carbonyl (C=O) groups excluding carboxylic acids is 1. The van der Waals surface area contributed by atoms with Crippen molar-refractivity contribution >= 4 is 32.7 Å². The van der Waals surface area contributed by atoms with Crippen LogP contribution in [0.4, 0.5) is 13.2 Å². The first-order valence-electron chi connectivity index (χ1n) is 11.7. The summed E-state index contributed by atoms with van der Waals surface area (Å²) >= 11 is 3.49. The van der Waals surface area contributed by atoms with E-state index >= 15 is 0 Å². The number of fused-ring (bicyclic) bond motifs is 1. The highest BCUT2D eigenvalue weighted by Crippen LogP contribution is 2.30. The van der Waals surface area contributed by atoms with Gasteiger partial charge in [-0.05, 0) is 52.8 Å². The molecule has 0 unspecified atom stereocenters. The van der Waals surface area contributed by atoms with E-state index in [0.717, 1.165) is 33.1 Å². The van der Waals surface area contributed by atoms with E-state index in [9.17, 15) is 18.0 Å². The number of H-pyrrole nitrogens is 1. The van der Waals surface area contributed by atoms with E-state index < -0.39 is 11.7 Å². The van der Waals surface area contributed by atoms with Crippen molar-refractivity contribution in [3.8, 4) is 0 Å².